The number of nitrogens with two attached hydrogens (primary N) is 3. The summed E-state index contributed by atoms with van der Waals surface area (Å²) in [4.78, 5) is 41.8. The Morgan fingerprint density at radius 1 is 1.29 bits per heavy atom. The Balaban J connectivity index is 4.52. The van der Waals surface area contributed by atoms with E-state index in [0.717, 1.165) is 6.92 Å². The summed E-state index contributed by atoms with van der Waals surface area (Å²) < 4.78 is 20.1. The zero-order valence-electron chi connectivity index (χ0n) is 11.2. The van der Waals surface area contributed by atoms with E-state index in [0.29, 0.717) is 0 Å². The zero-order valence-corrected chi connectivity index (χ0v) is 12.1. The number of phosphoric acid groups is 1. The van der Waals surface area contributed by atoms with E-state index < -0.39 is 43.9 Å². The molecule has 0 spiro atoms. The number of carbonyl (C=O) groups is 3. The molecule has 11 nitrogen and oxygen atoms in total. The van der Waals surface area contributed by atoms with Crippen LogP contribution in [-0.2, 0) is 28.0 Å². The smallest absolute Gasteiger partial charge is 0.480 e. The van der Waals surface area contributed by atoms with Gasteiger partial charge in [-0.3, -0.25) is 19.0 Å². The van der Waals surface area contributed by atoms with E-state index in [9.17, 15) is 23.8 Å². The SMILES string of the molecule is C[C@@H](OP(=O)(O)OC(=O)[C@@H](N)CCC(N)=O)[C@H](N)C(=O)O. The van der Waals surface area contributed by atoms with Crippen LogP contribution in [-0.4, -0.2) is 46.0 Å². The van der Waals surface area contributed by atoms with Gasteiger partial charge in [-0.1, -0.05) is 0 Å². The molecule has 21 heavy (non-hydrogen) atoms. The molecule has 0 heterocycles. The molecule has 0 aromatic heterocycles. The van der Waals surface area contributed by atoms with Crippen molar-refractivity contribution in [3.8, 4) is 0 Å². The highest BCUT2D eigenvalue weighted by Gasteiger charge is 2.34. The number of carboxylic acids is 1. The van der Waals surface area contributed by atoms with Crippen molar-refractivity contribution >= 4 is 25.7 Å². The molecule has 0 fully saturated rings. The van der Waals surface area contributed by atoms with Crippen LogP contribution in [0.15, 0.2) is 0 Å². The van der Waals surface area contributed by atoms with Gasteiger partial charge in [0, 0.05) is 6.42 Å². The second kappa shape index (κ2) is 8.05. The van der Waals surface area contributed by atoms with Crippen LogP contribution < -0.4 is 17.2 Å². The Labute approximate surface area is 120 Å². The van der Waals surface area contributed by atoms with Crippen molar-refractivity contribution in [2.45, 2.75) is 38.0 Å². The first-order valence-corrected chi connectivity index (χ1v) is 7.22. The average Bonchev–Trinajstić information content (AvgIpc) is 2.33. The first kappa shape index (κ1) is 19.5. The lowest BCUT2D eigenvalue weighted by Crippen LogP contribution is -2.41. The molecular formula is C9H18N3O8P. The first-order valence-electron chi connectivity index (χ1n) is 5.73. The first-order chi connectivity index (χ1) is 9.46. The maximum absolute atomic E-state index is 11.5. The molecule has 0 aliphatic carbocycles. The van der Waals surface area contributed by atoms with E-state index in [-0.39, 0.29) is 12.8 Å². The lowest BCUT2D eigenvalue weighted by molar-refractivity contribution is -0.141. The summed E-state index contributed by atoms with van der Waals surface area (Å²) >= 11 is 0. The van der Waals surface area contributed by atoms with Crippen LogP contribution in [0.3, 0.4) is 0 Å². The molecule has 1 amide bonds. The van der Waals surface area contributed by atoms with E-state index in [1.165, 1.54) is 0 Å². The minimum atomic E-state index is -4.89. The Hall–Kier alpha value is -1.52. The largest absolute Gasteiger partial charge is 0.529 e. The fraction of sp³-hybridized carbons (Fsp3) is 0.667. The van der Waals surface area contributed by atoms with Crippen molar-refractivity contribution in [2.24, 2.45) is 17.2 Å². The van der Waals surface area contributed by atoms with E-state index >= 15 is 0 Å². The fourth-order valence-electron chi connectivity index (χ4n) is 1.09. The van der Waals surface area contributed by atoms with Gasteiger partial charge in [0.1, 0.15) is 12.1 Å². The van der Waals surface area contributed by atoms with Crippen molar-refractivity contribution in [3.05, 3.63) is 0 Å². The number of rotatable bonds is 9. The minimum absolute atomic E-state index is 0.182. The van der Waals surface area contributed by atoms with Crippen LogP contribution in [0, 0.1) is 0 Å². The van der Waals surface area contributed by atoms with E-state index in [4.69, 9.17) is 22.3 Å². The number of amides is 1. The van der Waals surface area contributed by atoms with Crippen LogP contribution in [0.5, 0.6) is 0 Å². The minimum Gasteiger partial charge on any atom is -0.480 e. The summed E-state index contributed by atoms with van der Waals surface area (Å²) in [6, 6.07) is -2.95. The summed E-state index contributed by atoms with van der Waals surface area (Å²) in [6.07, 6.45) is -1.79. The highest BCUT2D eigenvalue weighted by atomic mass is 31.2. The molecule has 12 heteroatoms. The van der Waals surface area contributed by atoms with Gasteiger partial charge in [-0.25, -0.2) is 9.36 Å². The van der Waals surface area contributed by atoms with Crippen molar-refractivity contribution in [2.75, 3.05) is 0 Å². The zero-order chi connectivity index (χ0) is 16.8. The van der Waals surface area contributed by atoms with E-state index in [1.807, 2.05) is 0 Å². The van der Waals surface area contributed by atoms with Gasteiger partial charge in [0.05, 0.1) is 6.10 Å². The van der Waals surface area contributed by atoms with Crippen molar-refractivity contribution in [3.63, 3.8) is 0 Å². The quantitative estimate of drug-likeness (QED) is 0.295. The molecule has 0 bridgehead atoms. The third-order valence-corrected chi connectivity index (χ3v) is 3.31. The molecule has 1 unspecified atom stereocenters. The average molecular weight is 327 g/mol. The van der Waals surface area contributed by atoms with Gasteiger partial charge in [-0.05, 0) is 13.3 Å². The summed E-state index contributed by atoms with van der Waals surface area (Å²) in [7, 11) is -4.89. The summed E-state index contributed by atoms with van der Waals surface area (Å²) in [5.74, 6) is -3.46. The highest BCUT2D eigenvalue weighted by Crippen LogP contribution is 2.45. The number of carbonyl (C=O) groups excluding carboxylic acids is 2. The molecule has 0 rings (SSSR count). The van der Waals surface area contributed by atoms with E-state index in [1.54, 1.807) is 0 Å². The highest BCUT2D eigenvalue weighted by molar-refractivity contribution is 7.48. The van der Waals surface area contributed by atoms with Crippen molar-refractivity contribution in [1.82, 2.24) is 0 Å². The second-order valence-electron chi connectivity index (χ2n) is 4.16. The number of primary amides is 1. The third kappa shape index (κ3) is 7.73. The monoisotopic (exact) mass is 327 g/mol. The lowest BCUT2D eigenvalue weighted by atomic mass is 10.2. The molecule has 0 aliphatic rings. The number of hydrogen-bond donors (Lipinski definition) is 5. The number of aliphatic carboxylic acids is 1. The molecule has 0 saturated heterocycles. The molecule has 0 saturated carbocycles. The van der Waals surface area contributed by atoms with E-state index in [2.05, 4.69) is 9.05 Å². The van der Waals surface area contributed by atoms with Crippen LogP contribution in [0.4, 0.5) is 0 Å². The van der Waals surface area contributed by atoms with Gasteiger partial charge in [-0.2, -0.15) is 0 Å². The summed E-state index contributed by atoms with van der Waals surface area (Å²) in [5, 5.41) is 8.59. The van der Waals surface area contributed by atoms with Crippen LogP contribution in [0.1, 0.15) is 19.8 Å². The van der Waals surface area contributed by atoms with Gasteiger partial charge in [0.2, 0.25) is 5.91 Å². The predicted molar refractivity (Wildman–Crippen MR) is 68.5 cm³/mol. The van der Waals surface area contributed by atoms with Gasteiger partial charge in [-0.15, -0.1) is 0 Å². The Morgan fingerprint density at radius 3 is 2.24 bits per heavy atom. The molecule has 4 atom stereocenters. The van der Waals surface area contributed by atoms with Crippen molar-refractivity contribution in [1.29, 1.82) is 0 Å². The molecular weight excluding hydrogens is 309 g/mol. The van der Waals surface area contributed by atoms with Crippen LogP contribution in [0.25, 0.3) is 0 Å². The Kier molecular flexibility index (Phi) is 7.47. The standard InChI is InChI=1S/C9H18N3O8P/c1-4(7(12)8(14)15)19-21(17,18)20-9(16)5(10)2-3-6(11)13/h4-5,7H,2-3,10,12H2,1H3,(H2,11,13)(H,14,15)(H,17,18)/t4-,5+,7+/m1/s1. The molecule has 0 radical (unpaired) electrons. The predicted octanol–water partition coefficient (Wildman–Crippen LogP) is -1.96. The van der Waals surface area contributed by atoms with Gasteiger partial charge in [0.25, 0.3) is 0 Å². The molecule has 8 N–H and O–H groups in total. The molecule has 0 aliphatic heterocycles. The molecule has 122 valence electrons. The van der Waals surface area contributed by atoms with Gasteiger partial charge < -0.3 is 26.8 Å². The third-order valence-electron chi connectivity index (χ3n) is 2.30. The number of hydrogen-bond acceptors (Lipinski definition) is 8. The summed E-state index contributed by atoms with van der Waals surface area (Å²) in [6.45, 7) is 1.11. The number of carboxylic acid groups (broad SMARTS) is 1. The Morgan fingerprint density at radius 2 is 1.81 bits per heavy atom. The maximum atomic E-state index is 11.5. The fourth-order valence-corrected chi connectivity index (χ4v) is 2.05. The van der Waals surface area contributed by atoms with Gasteiger partial charge >= 0.3 is 19.8 Å². The number of phosphoric ester groups is 1. The molecule has 0 aromatic rings. The Bertz CT molecular complexity index is 456. The molecule has 0 aromatic carbocycles. The normalized spacial score (nSPS) is 18.1. The van der Waals surface area contributed by atoms with Crippen LogP contribution >= 0.6 is 7.82 Å². The second-order valence-corrected chi connectivity index (χ2v) is 5.50. The lowest BCUT2D eigenvalue weighted by Gasteiger charge is -2.20. The van der Waals surface area contributed by atoms with Gasteiger partial charge in [0.15, 0.2) is 0 Å². The maximum Gasteiger partial charge on any atom is 0.529 e. The summed E-state index contributed by atoms with van der Waals surface area (Å²) in [5.41, 5.74) is 15.3. The van der Waals surface area contributed by atoms with Crippen LogP contribution in [0.2, 0.25) is 0 Å². The van der Waals surface area contributed by atoms with Crippen molar-refractivity contribution < 1.29 is 38.0 Å². The topological polar surface area (TPSA) is 205 Å².